The van der Waals surface area contributed by atoms with Crippen molar-refractivity contribution < 1.29 is 9.84 Å². The summed E-state index contributed by atoms with van der Waals surface area (Å²) < 4.78 is 7.44. The Bertz CT molecular complexity index is 397. The third kappa shape index (κ3) is 4.88. The maximum absolute atomic E-state index is 9.78. The van der Waals surface area contributed by atoms with Crippen molar-refractivity contribution in [2.45, 2.75) is 18.9 Å². The van der Waals surface area contributed by atoms with Gasteiger partial charge in [-0.2, -0.15) is 0 Å². The summed E-state index contributed by atoms with van der Waals surface area (Å²) in [7, 11) is 0. The molecule has 1 aliphatic rings. The van der Waals surface area contributed by atoms with E-state index < -0.39 is 6.10 Å². The molecule has 5 heteroatoms. The predicted molar refractivity (Wildman–Crippen MR) is 79.9 cm³/mol. The fraction of sp³-hybridized carbons (Fsp3) is 0.538. The van der Waals surface area contributed by atoms with E-state index in [-0.39, 0.29) is 0 Å². The second-order valence-electron chi connectivity index (χ2n) is 4.64. The molecule has 2 N–H and O–H groups in total. The van der Waals surface area contributed by atoms with Gasteiger partial charge in [0.1, 0.15) is 0 Å². The first-order valence-electron chi connectivity index (χ1n) is 6.10. The van der Waals surface area contributed by atoms with Crippen LogP contribution in [0.4, 0.5) is 5.69 Å². The minimum absolute atomic E-state index is 0.400. The van der Waals surface area contributed by atoms with E-state index in [2.05, 4.69) is 37.2 Å². The van der Waals surface area contributed by atoms with Gasteiger partial charge in [0.15, 0.2) is 0 Å². The Hall–Kier alpha value is -0.100. The Morgan fingerprint density at radius 1 is 1.39 bits per heavy atom. The zero-order valence-electron chi connectivity index (χ0n) is 10.0. The molecule has 0 aromatic heterocycles. The van der Waals surface area contributed by atoms with E-state index in [9.17, 15) is 5.11 Å². The summed E-state index contributed by atoms with van der Waals surface area (Å²) in [5.41, 5.74) is 0.972. The zero-order valence-corrected chi connectivity index (χ0v) is 13.2. The summed E-state index contributed by atoms with van der Waals surface area (Å²) in [5.74, 6) is 0.741. The van der Waals surface area contributed by atoms with Crippen LogP contribution in [0.5, 0.6) is 0 Å². The van der Waals surface area contributed by atoms with Crippen molar-refractivity contribution in [1.82, 2.24) is 0 Å². The highest BCUT2D eigenvalue weighted by molar-refractivity contribution is 9.11. The van der Waals surface area contributed by atoms with Gasteiger partial charge in [0.25, 0.3) is 0 Å². The van der Waals surface area contributed by atoms with Crippen molar-refractivity contribution in [1.29, 1.82) is 0 Å². The first kappa shape index (κ1) is 14.3. The number of ether oxygens (including phenoxy) is 1. The molecule has 0 heterocycles. The number of benzene rings is 1. The van der Waals surface area contributed by atoms with Gasteiger partial charge in [-0.3, -0.25) is 0 Å². The minimum atomic E-state index is -0.473. The maximum Gasteiger partial charge on any atom is 0.0945 e. The molecule has 1 atom stereocenters. The number of hydrogen-bond acceptors (Lipinski definition) is 3. The van der Waals surface area contributed by atoms with Crippen molar-refractivity contribution in [2.75, 3.05) is 25.1 Å². The Morgan fingerprint density at radius 2 is 2.17 bits per heavy atom. The Morgan fingerprint density at radius 3 is 2.83 bits per heavy atom. The van der Waals surface area contributed by atoms with Gasteiger partial charge in [0, 0.05) is 27.8 Å². The number of rotatable bonds is 7. The Labute approximate surface area is 124 Å². The highest BCUT2D eigenvalue weighted by Gasteiger charge is 2.21. The van der Waals surface area contributed by atoms with Gasteiger partial charge < -0.3 is 15.2 Å². The standard InChI is InChI=1S/C13H17Br2NO2/c14-10-3-4-13(12(15)5-10)16-6-11(17)8-18-7-9-1-2-9/h3-5,9,11,16-17H,1-2,6-8H2. The third-order valence-corrected chi connectivity index (χ3v) is 3.97. The predicted octanol–water partition coefficient (Wildman–Crippen LogP) is 3.41. The van der Waals surface area contributed by atoms with Crippen LogP contribution in [0.25, 0.3) is 0 Å². The molecule has 0 radical (unpaired) electrons. The van der Waals surface area contributed by atoms with E-state index in [0.717, 1.165) is 27.2 Å². The van der Waals surface area contributed by atoms with E-state index in [1.807, 2.05) is 18.2 Å². The molecule has 1 aliphatic carbocycles. The minimum Gasteiger partial charge on any atom is -0.389 e. The number of halogens is 2. The van der Waals surface area contributed by atoms with Crippen molar-refractivity contribution >= 4 is 37.5 Å². The molecule has 0 spiro atoms. The number of aliphatic hydroxyl groups is 1. The van der Waals surface area contributed by atoms with Crippen LogP contribution in [0.15, 0.2) is 27.1 Å². The molecule has 0 bridgehead atoms. The lowest BCUT2D eigenvalue weighted by Crippen LogP contribution is -2.25. The van der Waals surface area contributed by atoms with Gasteiger partial charge in [-0.1, -0.05) is 15.9 Å². The van der Waals surface area contributed by atoms with Gasteiger partial charge in [-0.05, 0) is 52.9 Å². The molecule has 100 valence electrons. The number of anilines is 1. The van der Waals surface area contributed by atoms with Crippen molar-refractivity contribution in [3.8, 4) is 0 Å². The molecule has 0 aliphatic heterocycles. The molecule has 1 aromatic carbocycles. The number of nitrogens with one attached hydrogen (secondary N) is 1. The molecule has 1 aromatic rings. The van der Waals surface area contributed by atoms with Crippen LogP contribution in [0.2, 0.25) is 0 Å². The fourth-order valence-electron chi connectivity index (χ4n) is 1.57. The van der Waals surface area contributed by atoms with E-state index >= 15 is 0 Å². The SMILES string of the molecule is OC(CNc1ccc(Br)cc1Br)COCC1CC1. The zero-order chi connectivity index (χ0) is 13.0. The smallest absolute Gasteiger partial charge is 0.0945 e. The van der Waals surface area contributed by atoms with Crippen molar-refractivity contribution in [2.24, 2.45) is 5.92 Å². The molecule has 0 amide bonds. The Balaban J connectivity index is 1.68. The van der Waals surface area contributed by atoms with Crippen LogP contribution < -0.4 is 5.32 Å². The monoisotopic (exact) mass is 377 g/mol. The van der Waals surface area contributed by atoms with Crippen LogP contribution in [0, 0.1) is 5.92 Å². The van der Waals surface area contributed by atoms with Crippen molar-refractivity contribution in [3.63, 3.8) is 0 Å². The van der Waals surface area contributed by atoms with Crippen molar-refractivity contribution in [3.05, 3.63) is 27.1 Å². The molecule has 1 saturated carbocycles. The fourth-order valence-corrected chi connectivity index (χ4v) is 2.76. The van der Waals surface area contributed by atoms with Crippen LogP contribution in [0.3, 0.4) is 0 Å². The Kier molecular flexibility index (Phi) is 5.48. The molecular weight excluding hydrogens is 362 g/mol. The van der Waals surface area contributed by atoms with Crippen LogP contribution in [-0.4, -0.2) is 31.0 Å². The molecule has 18 heavy (non-hydrogen) atoms. The van der Waals surface area contributed by atoms with Crippen LogP contribution in [0.1, 0.15) is 12.8 Å². The lowest BCUT2D eigenvalue weighted by molar-refractivity contribution is 0.0386. The normalized spacial score (nSPS) is 16.6. The first-order chi connectivity index (χ1) is 8.65. The maximum atomic E-state index is 9.78. The van der Waals surface area contributed by atoms with Gasteiger partial charge in [0.2, 0.25) is 0 Å². The average Bonchev–Trinajstić information content (AvgIpc) is 3.12. The molecular formula is C13H17Br2NO2. The summed E-state index contributed by atoms with van der Waals surface area (Å²) >= 11 is 6.87. The molecule has 1 unspecified atom stereocenters. The van der Waals surface area contributed by atoms with Gasteiger partial charge in [-0.25, -0.2) is 0 Å². The number of aliphatic hydroxyl groups excluding tert-OH is 1. The highest BCUT2D eigenvalue weighted by Crippen LogP contribution is 2.29. The second kappa shape index (κ2) is 6.89. The van der Waals surface area contributed by atoms with E-state index in [4.69, 9.17) is 4.74 Å². The number of hydrogen-bond donors (Lipinski definition) is 2. The summed E-state index contributed by atoms with van der Waals surface area (Å²) in [5, 5.41) is 13.0. The molecule has 1 fully saturated rings. The second-order valence-corrected chi connectivity index (χ2v) is 6.41. The largest absolute Gasteiger partial charge is 0.389 e. The topological polar surface area (TPSA) is 41.5 Å². The van der Waals surface area contributed by atoms with Gasteiger partial charge in [0.05, 0.1) is 12.7 Å². The summed E-state index contributed by atoms with van der Waals surface area (Å²) in [6, 6.07) is 5.90. The molecule has 3 nitrogen and oxygen atoms in total. The van der Waals surface area contributed by atoms with Crippen LogP contribution >= 0.6 is 31.9 Å². The third-order valence-electron chi connectivity index (χ3n) is 2.82. The summed E-state index contributed by atoms with van der Waals surface area (Å²) in [6.07, 6.45) is 2.08. The van der Waals surface area contributed by atoms with Crippen LogP contribution in [-0.2, 0) is 4.74 Å². The van der Waals surface area contributed by atoms with E-state index in [0.29, 0.717) is 13.2 Å². The summed E-state index contributed by atoms with van der Waals surface area (Å²) in [4.78, 5) is 0. The first-order valence-corrected chi connectivity index (χ1v) is 7.68. The van der Waals surface area contributed by atoms with Gasteiger partial charge in [-0.15, -0.1) is 0 Å². The molecule has 2 rings (SSSR count). The lowest BCUT2D eigenvalue weighted by Gasteiger charge is -2.14. The quantitative estimate of drug-likeness (QED) is 0.763. The molecule has 0 saturated heterocycles. The average molecular weight is 379 g/mol. The van der Waals surface area contributed by atoms with E-state index in [1.165, 1.54) is 12.8 Å². The lowest BCUT2D eigenvalue weighted by atomic mass is 10.3. The van der Waals surface area contributed by atoms with E-state index in [1.54, 1.807) is 0 Å². The highest BCUT2D eigenvalue weighted by atomic mass is 79.9. The van der Waals surface area contributed by atoms with Gasteiger partial charge >= 0.3 is 0 Å². The summed E-state index contributed by atoms with van der Waals surface area (Å²) in [6.45, 7) is 1.68.